The standard InChI is InChI=1S/C21H19F4N5O4/c1-11-3-4-26-9-15(11)27-19(31)13-7-14(22)16(8-17(13)34-12(2)21(23,24)25)30-20(32)29-5-6-33-10-18(29)28-30/h3-4,7-9,12H,5-6,10H2,1-2H3,(H,27,31). The number of hydrogen-bond donors (Lipinski definition) is 1. The van der Waals surface area contributed by atoms with E-state index in [0.717, 1.165) is 13.0 Å². The number of aryl methyl sites for hydroxylation is 1. The van der Waals surface area contributed by atoms with Crippen LogP contribution in [0.15, 0.2) is 35.4 Å². The second-order valence-corrected chi connectivity index (χ2v) is 7.56. The number of benzene rings is 1. The summed E-state index contributed by atoms with van der Waals surface area (Å²) in [7, 11) is 0. The molecule has 0 spiro atoms. The average Bonchev–Trinajstić information content (AvgIpc) is 3.12. The number of pyridine rings is 1. The van der Waals surface area contributed by atoms with Crippen LogP contribution in [0.3, 0.4) is 0 Å². The van der Waals surface area contributed by atoms with E-state index in [4.69, 9.17) is 9.47 Å². The topological polar surface area (TPSA) is 100 Å². The van der Waals surface area contributed by atoms with Gasteiger partial charge in [-0.05, 0) is 31.5 Å². The number of anilines is 1. The van der Waals surface area contributed by atoms with Gasteiger partial charge in [0, 0.05) is 12.3 Å². The summed E-state index contributed by atoms with van der Waals surface area (Å²) < 4.78 is 66.9. The molecule has 1 N–H and O–H groups in total. The Morgan fingerprint density at radius 3 is 2.76 bits per heavy atom. The summed E-state index contributed by atoms with van der Waals surface area (Å²) >= 11 is 0. The Morgan fingerprint density at radius 1 is 1.32 bits per heavy atom. The van der Waals surface area contributed by atoms with Crippen molar-refractivity contribution in [1.82, 2.24) is 19.3 Å². The monoisotopic (exact) mass is 481 g/mol. The minimum absolute atomic E-state index is 0.0171. The third-order valence-electron chi connectivity index (χ3n) is 5.20. The number of halogens is 4. The Bertz CT molecular complexity index is 1300. The van der Waals surface area contributed by atoms with Gasteiger partial charge in [0.25, 0.3) is 5.91 Å². The second kappa shape index (κ2) is 8.89. The molecule has 34 heavy (non-hydrogen) atoms. The number of fused-ring (bicyclic) bond motifs is 1. The third-order valence-corrected chi connectivity index (χ3v) is 5.20. The quantitative estimate of drug-likeness (QED) is 0.563. The first-order valence-corrected chi connectivity index (χ1v) is 10.1. The van der Waals surface area contributed by atoms with Gasteiger partial charge in [0.15, 0.2) is 11.9 Å². The Labute approximate surface area is 189 Å². The first-order chi connectivity index (χ1) is 16.1. The summed E-state index contributed by atoms with van der Waals surface area (Å²) in [5.74, 6) is -2.32. The molecule has 4 rings (SSSR count). The fraction of sp³-hybridized carbons (Fsp3) is 0.333. The molecule has 0 bridgehead atoms. The number of ether oxygens (including phenoxy) is 2. The number of carbonyl (C=O) groups excluding carboxylic acids is 1. The Kier molecular flexibility index (Phi) is 6.13. The molecule has 180 valence electrons. The molecule has 0 saturated heterocycles. The van der Waals surface area contributed by atoms with Gasteiger partial charge in [-0.15, -0.1) is 5.10 Å². The normalized spacial score (nSPS) is 14.4. The molecule has 9 nitrogen and oxygen atoms in total. The van der Waals surface area contributed by atoms with Crippen LogP contribution in [0.2, 0.25) is 0 Å². The van der Waals surface area contributed by atoms with Crippen molar-refractivity contribution in [3.05, 3.63) is 63.8 Å². The van der Waals surface area contributed by atoms with Gasteiger partial charge >= 0.3 is 11.9 Å². The lowest BCUT2D eigenvalue weighted by molar-refractivity contribution is -0.189. The van der Waals surface area contributed by atoms with Crippen LogP contribution >= 0.6 is 0 Å². The Morgan fingerprint density at radius 2 is 2.09 bits per heavy atom. The smallest absolute Gasteiger partial charge is 0.425 e. The minimum atomic E-state index is -4.76. The van der Waals surface area contributed by atoms with Crippen LogP contribution in [0.1, 0.15) is 28.7 Å². The van der Waals surface area contributed by atoms with Gasteiger partial charge in [0.2, 0.25) is 0 Å². The number of nitrogens with one attached hydrogen (secondary N) is 1. The van der Waals surface area contributed by atoms with Crippen molar-refractivity contribution in [3.63, 3.8) is 0 Å². The van der Waals surface area contributed by atoms with Crippen LogP contribution in [0.25, 0.3) is 5.69 Å². The first kappa shape index (κ1) is 23.4. The molecule has 1 atom stereocenters. The highest BCUT2D eigenvalue weighted by atomic mass is 19.4. The molecule has 3 aromatic rings. The zero-order valence-electron chi connectivity index (χ0n) is 18.0. The van der Waals surface area contributed by atoms with Crippen molar-refractivity contribution in [2.75, 3.05) is 11.9 Å². The maximum Gasteiger partial charge on any atom is 0.425 e. The molecule has 1 aliphatic heterocycles. The first-order valence-electron chi connectivity index (χ1n) is 10.1. The predicted octanol–water partition coefficient (Wildman–Crippen LogP) is 2.99. The van der Waals surface area contributed by atoms with E-state index in [1.807, 2.05) is 0 Å². The number of aromatic nitrogens is 4. The summed E-state index contributed by atoms with van der Waals surface area (Å²) in [6.45, 7) is 2.89. The number of amides is 1. The van der Waals surface area contributed by atoms with Crippen LogP contribution in [0, 0.1) is 12.7 Å². The van der Waals surface area contributed by atoms with Crippen LogP contribution < -0.4 is 15.7 Å². The molecule has 13 heteroatoms. The van der Waals surface area contributed by atoms with Crippen molar-refractivity contribution in [1.29, 1.82) is 0 Å². The largest absolute Gasteiger partial charge is 0.480 e. The zero-order valence-corrected chi connectivity index (χ0v) is 18.0. The van der Waals surface area contributed by atoms with Crippen LogP contribution in [0.5, 0.6) is 5.75 Å². The zero-order chi connectivity index (χ0) is 24.6. The van der Waals surface area contributed by atoms with Crippen molar-refractivity contribution in [2.45, 2.75) is 39.3 Å². The van der Waals surface area contributed by atoms with E-state index in [-0.39, 0.29) is 31.3 Å². The van der Waals surface area contributed by atoms with Gasteiger partial charge in [-0.1, -0.05) is 0 Å². The van der Waals surface area contributed by atoms with Crippen molar-refractivity contribution >= 4 is 11.6 Å². The van der Waals surface area contributed by atoms with Gasteiger partial charge in [-0.3, -0.25) is 14.3 Å². The summed E-state index contributed by atoms with van der Waals surface area (Å²) in [5, 5.41) is 6.50. The van der Waals surface area contributed by atoms with Crippen molar-refractivity contribution < 1.29 is 31.8 Å². The molecule has 3 heterocycles. The molecule has 2 aromatic heterocycles. The highest BCUT2D eigenvalue weighted by Gasteiger charge is 2.39. The van der Waals surface area contributed by atoms with E-state index in [1.165, 1.54) is 17.0 Å². The lowest BCUT2D eigenvalue weighted by atomic mass is 10.1. The lowest BCUT2D eigenvalue weighted by Crippen LogP contribution is -2.32. The maximum absolute atomic E-state index is 15.1. The highest BCUT2D eigenvalue weighted by molar-refractivity contribution is 6.06. The van der Waals surface area contributed by atoms with Crippen molar-refractivity contribution in [2.24, 2.45) is 0 Å². The Balaban J connectivity index is 1.79. The minimum Gasteiger partial charge on any atom is -0.480 e. The maximum atomic E-state index is 15.1. The fourth-order valence-corrected chi connectivity index (χ4v) is 3.27. The molecular weight excluding hydrogens is 462 g/mol. The van der Waals surface area contributed by atoms with E-state index >= 15 is 4.39 Å². The van der Waals surface area contributed by atoms with E-state index < -0.39 is 46.7 Å². The van der Waals surface area contributed by atoms with Gasteiger partial charge in [-0.2, -0.15) is 17.9 Å². The van der Waals surface area contributed by atoms with Gasteiger partial charge < -0.3 is 14.8 Å². The van der Waals surface area contributed by atoms with Crippen LogP contribution in [-0.2, 0) is 17.9 Å². The summed E-state index contributed by atoms with van der Waals surface area (Å²) in [5.41, 5.74) is -0.754. The number of carbonyl (C=O) groups is 1. The molecule has 1 unspecified atom stereocenters. The third kappa shape index (κ3) is 4.51. The highest BCUT2D eigenvalue weighted by Crippen LogP contribution is 2.31. The van der Waals surface area contributed by atoms with E-state index in [1.54, 1.807) is 13.0 Å². The molecule has 0 radical (unpaired) electrons. The molecule has 0 saturated carbocycles. The summed E-state index contributed by atoms with van der Waals surface area (Å²) in [6.07, 6.45) is -4.25. The van der Waals surface area contributed by atoms with E-state index in [9.17, 15) is 22.8 Å². The second-order valence-electron chi connectivity index (χ2n) is 7.56. The van der Waals surface area contributed by atoms with E-state index in [2.05, 4.69) is 15.4 Å². The molecule has 0 fully saturated rings. The van der Waals surface area contributed by atoms with Gasteiger partial charge in [0.05, 0.1) is 30.6 Å². The molecule has 1 aliphatic rings. The molecular formula is C21H19F4N5O4. The van der Waals surface area contributed by atoms with Crippen LogP contribution in [0.4, 0.5) is 23.2 Å². The molecule has 1 aromatic carbocycles. The Hall–Kier alpha value is -3.74. The fourth-order valence-electron chi connectivity index (χ4n) is 3.27. The van der Waals surface area contributed by atoms with Gasteiger partial charge in [0.1, 0.15) is 23.9 Å². The number of nitrogens with zero attached hydrogens (tertiary/aromatic N) is 4. The van der Waals surface area contributed by atoms with Crippen LogP contribution in [-0.4, -0.2) is 44.1 Å². The SMILES string of the molecule is Cc1ccncc1NC(=O)c1cc(F)c(-n2nc3n(c2=O)CCOC3)cc1OC(C)C(F)(F)F. The summed E-state index contributed by atoms with van der Waals surface area (Å²) in [4.78, 5) is 29.4. The van der Waals surface area contributed by atoms with Crippen molar-refractivity contribution in [3.8, 4) is 11.4 Å². The predicted molar refractivity (Wildman–Crippen MR) is 111 cm³/mol. The van der Waals surface area contributed by atoms with Gasteiger partial charge in [-0.25, -0.2) is 9.18 Å². The number of rotatable bonds is 5. The summed E-state index contributed by atoms with van der Waals surface area (Å²) in [6, 6.07) is 3.17. The molecule has 0 aliphatic carbocycles. The lowest BCUT2D eigenvalue weighted by Gasteiger charge is -2.20. The van der Waals surface area contributed by atoms with E-state index in [0.29, 0.717) is 16.3 Å². The number of hydrogen-bond acceptors (Lipinski definition) is 6. The molecule has 1 amide bonds. The number of alkyl halides is 3. The average molecular weight is 481 g/mol.